The fourth-order valence-electron chi connectivity index (χ4n) is 1.07. The number of aryl methyl sites for hydroxylation is 1. The van der Waals surface area contributed by atoms with E-state index in [1.807, 2.05) is 13.0 Å². The highest BCUT2D eigenvalue weighted by Crippen LogP contribution is 2.22. The van der Waals surface area contributed by atoms with Crippen molar-refractivity contribution < 1.29 is 4.42 Å². The molecule has 5 heteroatoms. The molecule has 2 aromatic rings. The summed E-state index contributed by atoms with van der Waals surface area (Å²) in [5, 5.41) is 0.897. The van der Waals surface area contributed by atoms with Crippen LogP contribution >= 0.6 is 27.7 Å². The lowest BCUT2D eigenvalue weighted by atomic mass is 10.3. The molecule has 0 fully saturated rings. The van der Waals surface area contributed by atoms with Crippen LogP contribution in [0.15, 0.2) is 38.8 Å². The van der Waals surface area contributed by atoms with Crippen molar-refractivity contribution >= 4 is 27.7 Å². The quantitative estimate of drug-likeness (QED) is 0.810. The lowest BCUT2D eigenvalue weighted by Gasteiger charge is -1.99. The maximum absolute atomic E-state index is 5.33. The van der Waals surface area contributed by atoms with Gasteiger partial charge in [0.1, 0.15) is 15.4 Å². The Morgan fingerprint density at radius 2 is 2.27 bits per heavy atom. The van der Waals surface area contributed by atoms with Gasteiger partial charge in [-0.25, -0.2) is 9.97 Å². The molecule has 3 nitrogen and oxygen atoms in total. The molecule has 2 aromatic heterocycles. The molecule has 0 aliphatic carbocycles. The van der Waals surface area contributed by atoms with Gasteiger partial charge < -0.3 is 4.42 Å². The van der Waals surface area contributed by atoms with Crippen molar-refractivity contribution in [3.05, 3.63) is 40.7 Å². The summed E-state index contributed by atoms with van der Waals surface area (Å²) in [6.45, 7) is 2.03. The zero-order chi connectivity index (χ0) is 10.7. The van der Waals surface area contributed by atoms with Gasteiger partial charge in [0.25, 0.3) is 0 Å². The van der Waals surface area contributed by atoms with Gasteiger partial charge in [0.05, 0.1) is 24.4 Å². The van der Waals surface area contributed by atoms with E-state index in [1.54, 1.807) is 30.4 Å². The Labute approximate surface area is 100 Å². The van der Waals surface area contributed by atoms with Gasteiger partial charge in [-0.1, -0.05) is 11.8 Å². The monoisotopic (exact) mass is 284 g/mol. The van der Waals surface area contributed by atoms with Crippen LogP contribution in [0.1, 0.15) is 11.3 Å². The summed E-state index contributed by atoms with van der Waals surface area (Å²) < 4.78 is 6.08. The highest BCUT2D eigenvalue weighted by atomic mass is 79.9. The Bertz CT molecular complexity index is 441. The summed E-state index contributed by atoms with van der Waals surface area (Å²) in [5.74, 6) is 1.78. The summed E-state index contributed by atoms with van der Waals surface area (Å²) in [5.41, 5.74) is 1.17. The van der Waals surface area contributed by atoms with E-state index in [9.17, 15) is 0 Å². The normalized spacial score (nSPS) is 10.5. The summed E-state index contributed by atoms with van der Waals surface area (Å²) in [7, 11) is 0. The van der Waals surface area contributed by atoms with Crippen LogP contribution in [0.25, 0.3) is 0 Å². The van der Waals surface area contributed by atoms with E-state index in [4.69, 9.17) is 4.42 Å². The van der Waals surface area contributed by atoms with Gasteiger partial charge in [-0.05, 0) is 34.5 Å². The lowest BCUT2D eigenvalue weighted by Crippen LogP contribution is -1.85. The SMILES string of the molecule is Cc1ccoc1CSc1cnc(Br)cn1. The minimum absolute atomic E-state index is 0.751. The van der Waals surface area contributed by atoms with Crippen LogP contribution in [0.3, 0.4) is 0 Å². The summed E-state index contributed by atoms with van der Waals surface area (Å²) in [6.07, 6.45) is 5.14. The Morgan fingerprint density at radius 3 is 2.87 bits per heavy atom. The fraction of sp³-hybridized carbons (Fsp3) is 0.200. The van der Waals surface area contributed by atoms with Crippen molar-refractivity contribution in [3.8, 4) is 0 Å². The van der Waals surface area contributed by atoms with Crippen LogP contribution in [0, 0.1) is 6.92 Å². The summed E-state index contributed by atoms with van der Waals surface area (Å²) >= 11 is 4.86. The molecule has 0 aromatic carbocycles. The van der Waals surface area contributed by atoms with Crippen LogP contribution in [0.5, 0.6) is 0 Å². The van der Waals surface area contributed by atoms with Gasteiger partial charge in [-0.3, -0.25) is 0 Å². The number of hydrogen-bond donors (Lipinski definition) is 0. The van der Waals surface area contributed by atoms with E-state index in [2.05, 4.69) is 25.9 Å². The molecule has 0 aliphatic rings. The molecule has 0 amide bonds. The van der Waals surface area contributed by atoms with E-state index in [0.29, 0.717) is 0 Å². The van der Waals surface area contributed by atoms with Gasteiger partial charge in [-0.15, -0.1) is 0 Å². The Balaban J connectivity index is 1.99. The Morgan fingerprint density at radius 1 is 1.40 bits per heavy atom. The molecule has 0 spiro atoms. The van der Waals surface area contributed by atoms with Crippen LogP contribution in [0.4, 0.5) is 0 Å². The number of hydrogen-bond acceptors (Lipinski definition) is 4. The molecule has 15 heavy (non-hydrogen) atoms. The van der Waals surface area contributed by atoms with Gasteiger partial charge >= 0.3 is 0 Å². The van der Waals surface area contributed by atoms with E-state index in [-0.39, 0.29) is 0 Å². The second-order valence-corrected chi connectivity index (χ2v) is 4.80. The maximum Gasteiger partial charge on any atom is 0.124 e. The second kappa shape index (κ2) is 4.81. The van der Waals surface area contributed by atoms with Crippen LogP contribution in [-0.4, -0.2) is 9.97 Å². The molecule has 2 rings (SSSR count). The molecule has 0 N–H and O–H groups in total. The Kier molecular flexibility index (Phi) is 3.43. The van der Waals surface area contributed by atoms with Crippen LogP contribution < -0.4 is 0 Å². The van der Waals surface area contributed by atoms with Crippen molar-refractivity contribution in [2.45, 2.75) is 17.7 Å². The van der Waals surface area contributed by atoms with Gasteiger partial charge in [-0.2, -0.15) is 0 Å². The third-order valence-electron chi connectivity index (χ3n) is 1.92. The first-order chi connectivity index (χ1) is 7.25. The largest absolute Gasteiger partial charge is 0.468 e. The van der Waals surface area contributed by atoms with Gasteiger partial charge in [0.15, 0.2) is 0 Å². The molecule has 0 saturated heterocycles. The molecule has 0 atom stereocenters. The lowest BCUT2D eigenvalue weighted by molar-refractivity contribution is 0.528. The first kappa shape index (κ1) is 10.7. The number of furan rings is 1. The summed E-state index contributed by atoms with van der Waals surface area (Å²) in [4.78, 5) is 8.32. The molecule has 78 valence electrons. The third kappa shape index (κ3) is 2.82. The van der Waals surface area contributed by atoms with Crippen LogP contribution in [0.2, 0.25) is 0 Å². The number of thioether (sulfide) groups is 1. The molecule has 0 unspecified atom stereocenters. The zero-order valence-corrected chi connectivity index (χ0v) is 10.5. The van der Waals surface area contributed by atoms with Gasteiger partial charge in [0.2, 0.25) is 0 Å². The highest BCUT2D eigenvalue weighted by molar-refractivity contribution is 9.10. The maximum atomic E-state index is 5.33. The molecular weight excluding hydrogens is 276 g/mol. The third-order valence-corrected chi connectivity index (χ3v) is 3.24. The first-order valence-electron chi connectivity index (χ1n) is 4.39. The predicted molar refractivity (Wildman–Crippen MR) is 62.7 cm³/mol. The standard InChI is InChI=1S/C10H9BrN2OS/c1-7-2-3-14-8(7)6-15-10-5-12-9(11)4-13-10/h2-5H,6H2,1H3. The summed E-state index contributed by atoms with van der Waals surface area (Å²) in [6, 6.07) is 1.96. The number of nitrogens with zero attached hydrogens (tertiary/aromatic N) is 2. The topological polar surface area (TPSA) is 38.9 Å². The second-order valence-electron chi connectivity index (χ2n) is 2.99. The van der Waals surface area contributed by atoms with Crippen LogP contribution in [-0.2, 0) is 5.75 Å². The molecule has 0 saturated carbocycles. The molecular formula is C10H9BrN2OS. The van der Waals surface area contributed by atoms with E-state index in [0.717, 1.165) is 21.1 Å². The van der Waals surface area contributed by atoms with E-state index in [1.165, 1.54) is 5.56 Å². The number of aromatic nitrogens is 2. The molecule has 2 heterocycles. The molecule has 0 radical (unpaired) electrons. The zero-order valence-electron chi connectivity index (χ0n) is 8.11. The van der Waals surface area contributed by atoms with Crippen molar-refractivity contribution in [2.24, 2.45) is 0 Å². The van der Waals surface area contributed by atoms with Crippen molar-refractivity contribution in [1.82, 2.24) is 9.97 Å². The smallest absolute Gasteiger partial charge is 0.124 e. The van der Waals surface area contributed by atoms with Crippen molar-refractivity contribution in [3.63, 3.8) is 0 Å². The molecule has 0 bridgehead atoms. The number of rotatable bonds is 3. The van der Waals surface area contributed by atoms with Crippen molar-refractivity contribution in [1.29, 1.82) is 0 Å². The van der Waals surface area contributed by atoms with Crippen molar-refractivity contribution in [2.75, 3.05) is 0 Å². The first-order valence-corrected chi connectivity index (χ1v) is 6.17. The number of halogens is 1. The van der Waals surface area contributed by atoms with E-state index < -0.39 is 0 Å². The average molecular weight is 285 g/mol. The minimum atomic E-state index is 0.751. The Hall–Kier alpha value is -0.810. The highest BCUT2D eigenvalue weighted by Gasteiger charge is 2.03. The molecule has 0 aliphatic heterocycles. The van der Waals surface area contributed by atoms with Gasteiger partial charge in [0, 0.05) is 0 Å². The fourth-order valence-corrected chi connectivity index (χ4v) is 2.10. The predicted octanol–water partition coefficient (Wildman–Crippen LogP) is 3.43. The minimum Gasteiger partial charge on any atom is -0.468 e. The average Bonchev–Trinajstić information content (AvgIpc) is 2.63. The van der Waals surface area contributed by atoms with E-state index >= 15 is 0 Å².